The van der Waals surface area contributed by atoms with E-state index in [0.717, 1.165) is 12.0 Å². The standard InChI is InChI=1S/C38H41FO9/c1-20(41)22-7-5-6-21(14-22)19-46-29-11-10-28(45-4)32(34(29)39)35-47-31-16-26-25-9-8-23-15-24(42)12-13-36(23,2)33(25)27(43)17-37(26,3)38(31,48-35)30(44)18-40/h5-7,10-15,25-27,31,33,35,40,43H,8-9,16-19H2,1-4H3/t25-,26-,27-,31+,33+,35+,36-,37-,38+/m0/s1. The third-order valence-electron chi connectivity index (χ3n) is 12.1. The van der Waals surface area contributed by atoms with Crippen molar-refractivity contribution < 1.29 is 47.9 Å². The summed E-state index contributed by atoms with van der Waals surface area (Å²) in [5, 5.41) is 22.2. The predicted octanol–water partition coefficient (Wildman–Crippen LogP) is 5.22. The average molecular weight is 661 g/mol. The summed E-state index contributed by atoms with van der Waals surface area (Å²) in [4.78, 5) is 38.0. The summed E-state index contributed by atoms with van der Waals surface area (Å²) >= 11 is 0. The highest BCUT2D eigenvalue weighted by molar-refractivity contribution is 6.01. The van der Waals surface area contributed by atoms with E-state index in [0.29, 0.717) is 24.0 Å². The molecule has 2 N–H and O–H groups in total. The lowest BCUT2D eigenvalue weighted by Gasteiger charge is -2.59. The van der Waals surface area contributed by atoms with Crippen LogP contribution < -0.4 is 9.47 Å². The van der Waals surface area contributed by atoms with Crippen LogP contribution in [-0.4, -0.2) is 59.1 Å². The number of hydrogen-bond acceptors (Lipinski definition) is 9. The molecule has 254 valence electrons. The first kappa shape index (κ1) is 32.8. The Kier molecular flexibility index (Phi) is 8.02. The SMILES string of the molecule is COc1ccc(OCc2cccc(C(C)=O)c2)c(F)c1[C@@H]1O[C@@H]2C[C@H]3[C@@H]4CCC5=CC(=O)C=C[C@]5(C)[C@H]4[C@@H](O)C[C@]3(C)[C@]2(C(=O)CO)O1. The molecule has 2 aromatic carbocycles. The third-order valence-corrected chi connectivity index (χ3v) is 12.1. The van der Waals surface area contributed by atoms with Gasteiger partial charge in [-0.2, -0.15) is 0 Å². The summed E-state index contributed by atoms with van der Waals surface area (Å²) in [6.45, 7) is 4.64. The molecule has 9 nitrogen and oxygen atoms in total. The van der Waals surface area contributed by atoms with Gasteiger partial charge in [0.1, 0.15) is 19.0 Å². The van der Waals surface area contributed by atoms with Gasteiger partial charge in [-0.15, -0.1) is 0 Å². The van der Waals surface area contributed by atoms with Crippen molar-refractivity contribution in [3.8, 4) is 11.5 Å². The zero-order chi connectivity index (χ0) is 34.2. The summed E-state index contributed by atoms with van der Waals surface area (Å²) in [7, 11) is 1.39. The van der Waals surface area contributed by atoms with Gasteiger partial charge >= 0.3 is 0 Å². The summed E-state index contributed by atoms with van der Waals surface area (Å²) < 4.78 is 40.9. The molecule has 2 aromatic rings. The van der Waals surface area contributed by atoms with E-state index < -0.39 is 53.1 Å². The number of rotatable bonds is 8. The molecular weight excluding hydrogens is 619 g/mol. The first-order valence-corrected chi connectivity index (χ1v) is 16.6. The highest BCUT2D eigenvalue weighted by atomic mass is 19.1. The van der Waals surface area contributed by atoms with Crippen molar-refractivity contribution in [1.29, 1.82) is 0 Å². The molecule has 0 unspecified atom stereocenters. The van der Waals surface area contributed by atoms with Crippen LogP contribution in [0.15, 0.2) is 60.2 Å². The molecule has 0 radical (unpaired) electrons. The van der Waals surface area contributed by atoms with Gasteiger partial charge in [-0.05, 0) is 80.4 Å². The van der Waals surface area contributed by atoms with Crippen LogP contribution in [0, 0.1) is 34.4 Å². The quantitative estimate of drug-likeness (QED) is 0.367. The van der Waals surface area contributed by atoms with Gasteiger partial charge in [-0.3, -0.25) is 14.4 Å². The molecule has 3 saturated carbocycles. The number of benzene rings is 2. The molecule has 1 saturated heterocycles. The Morgan fingerprint density at radius 2 is 1.92 bits per heavy atom. The monoisotopic (exact) mass is 660 g/mol. The molecule has 7 rings (SSSR count). The smallest absolute Gasteiger partial charge is 0.193 e. The number of halogens is 1. The maximum Gasteiger partial charge on any atom is 0.193 e. The number of carbonyl (C=O) groups is 3. The zero-order valence-electron chi connectivity index (χ0n) is 27.5. The Bertz CT molecular complexity index is 1750. The predicted molar refractivity (Wildman–Crippen MR) is 171 cm³/mol. The zero-order valence-corrected chi connectivity index (χ0v) is 27.5. The van der Waals surface area contributed by atoms with E-state index in [9.17, 15) is 24.6 Å². The largest absolute Gasteiger partial charge is 0.496 e. The van der Waals surface area contributed by atoms with Gasteiger partial charge in [-0.1, -0.05) is 43.7 Å². The number of Topliss-reactive ketones (excluding diaryl/α,β-unsaturated/α-hetero) is 2. The molecule has 1 heterocycles. The van der Waals surface area contributed by atoms with E-state index in [1.54, 1.807) is 36.4 Å². The lowest BCUT2D eigenvalue weighted by atomic mass is 9.46. The molecule has 4 fully saturated rings. The number of fused-ring (bicyclic) bond motifs is 7. The molecule has 10 heteroatoms. The second kappa shape index (κ2) is 11.7. The van der Waals surface area contributed by atoms with Gasteiger partial charge in [0.2, 0.25) is 0 Å². The van der Waals surface area contributed by atoms with Crippen LogP contribution in [0.4, 0.5) is 4.39 Å². The first-order valence-electron chi connectivity index (χ1n) is 16.6. The summed E-state index contributed by atoms with van der Waals surface area (Å²) in [6, 6.07) is 9.87. The molecule has 9 atom stereocenters. The van der Waals surface area contributed by atoms with E-state index >= 15 is 4.39 Å². The number of aliphatic hydroxyl groups excluding tert-OH is 2. The van der Waals surface area contributed by atoms with Crippen LogP contribution in [0.1, 0.15) is 74.2 Å². The molecule has 0 bridgehead atoms. The molecule has 5 aliphatic rings. The number of aliphatic hydroxyl groups is 2. The van der Waals surface area contributed by atoms with Gasteiger partial charge in [0, 0.05) is 22.3 Å². The van der Waals surface area contributed by atoms with Crippen LogP contribution in [0.2, 0.25) is 0 Å². The van der Waals surface area contributed by atoms with Crippen molar-refractivity contribution in [3.63, 3.8) is 0 Å². The van der Waals surface area contributed by atoms with Gasteiger partial charge in [0.15, 0.2) is 40.8 Å². The lowest BCUT2D eigenvalue weighted by Crippen LogP contribution is -2.63. The topological polar surface area (TPSA) is 129 Å². The van der Waals surface area contributed by atoms with Crippen molar-refractivity contribution in [2.45, 2.75) is 77.2 Å². The molecule has 1 aliphatic heterocycles. The Hall–Kier alpha value is -3.70. The van der Waals surface area contributed by atoms with Crippen LogP contribution >= 0.6 is 0 Å². The number of carbonyl (C=O) groups excluding carboxylic acids is 3. The molecule has 0 spiro atoms. The Balaban J connectivity index is 1.21. The van der Waals surface area contributed by atoms with E-state index in [1.807, 2.05) is 13.0 Å². The fourth-order valence-electron chi connectivity index (χ4n) is 9.92. The van der Waals surface area contributed by atoms with Crippen molar-refractivity contribution in [2.24, 2.45) is 28.6 Å². The molecule has 4 aliphatic carbocycles. The minimum absolute atomic E-state index is 0.00881. The summed E-state index contributed by atoms with van der Waals surface area (Å²) in [6.07, 6.45) is 4.20. The first-order chi connectivity index (χ1) is 22.9. The third kappa shape index (κ3) is 4.67. The fraction of sp³-hybridized carbons (Fsp3) is 0.500. The highest BCUT2D eigenvalue weighted by Crippen LogP contribution is 2.70. The van der Waals surface area contributed by atoms with Crippen LogP contribution in [0.3, 0.4) is 0 Å². The van der Waals surface area contributed by atoms with Crippen LogP contribution in [0.25, 0.3) is 0 Å². The average Bonchev–Trinajstić information content (AvgIpc) is 3.56. The highest BCUT2D eigenvalue weighted by Gasteiger charge is 2.76. The maximum absolute atomic E-state index is 16.4. The summed E-state index contributed by atoms with van der Waals surface area (Å²) in [5.41, 5.74) is -0.964. The van der Waals surface area contributed by atoms with Crippen LogP contribution in [0.5, 0.6) is 11.5 Å². The second-order valence-electron chi connectivity index (χ2n) is 14.4. The van der Waals surface area contributed by atoms with Crippen molar-refractivity contribution in [3.05, 3.63) is 82.7 Å². The van der Waals surface area contributed by atoms with Crippen molar-refractivity contribution >= 4 is 17.3 Å². The molecular formula is C38H41FO9. The van der Waals surface area contributed by atoms with Crippen molar-refractivity contribution in [2.75, 3.05) is 13.7 Å². The van der Waals surface area contributed by atoms with Gasteiger partial charge < -0.3 is 29.2 Å². The fourth-order valence-corrected chi connectivity index (χ4v) is 9.92. The molecule has 48 heavy (non-hydrogen) atoms. The normalized spacial score (nSPS) is 36.4. The van der Waals surface area contributed by atoms with Gasteiger partial charge in [0.05, 0.1) is 24.9 Å². The number of ketones is 3. The maximum atomic E-state index is 16.4. The minimum Gasteiger partial charge on any atom is -0.496 e. The number of hydrogen-bond donors (Lipinski definition) is 2. The Morgan fingerprint density at radius 1 is 1.15 bits per heavy atom. The van der Waals surface area contributed by atoms with E-state index in [2.05, 4.69) is 6.92 Å². The van der Waals surface area contributed by atoms with Crippen LogP contribution in [-0.2, 0) is 25.7 Å². The van der Waals surface area contributed by atoms with E-state index in [4.69, 9.17) is 18.9 Å². The minimum atomic E-state index is -1.65. The van der Waals surface area contributed by atoms with Gasteiger partial charge in [0.25, 0.3) is 0 Å². The second-order valence-corrected chi connectivity index (χ2v) is 14.4. The van der Waals surface area contributed by atoms with E-state index in [-0.39, 0.29) is 59.4 Å². The number of methoxy groups -OCH3 is 1. The molecule has 0 aromatic heterocycles. The Labute approximate surface area is 278 Å². The number of allylic oxidation sites excluding steroid dienone is 4. The Morgan fingerprint density at radius 3 is 2.65 bits per heavy atom. The van der Waals surface area contributed by atoms with Gasteiger partial charge in [-0.25, -0.2) is 4.39 Å². The van der Waals surface area contributed by atoms with Crippen molar-refractivity contribution in [1.82, 2.24) is 0 Å². The number of ether oxygens (including phenoxy) is 4. The van der Waals surface area contributed by atoms with E-state index in [1.165, 1.54) is 26.2 Å². The summed E-state index contributed by atoms with van der Waals surface area (Å²) in [5.74, 6) is -1.76. The lowest BCUT2D eigenvalue weighted by molar-refractivity contribution is -0.201. The molecule has 0 amide bonds.